The summed E-state index contributed by atoms with van der Waals surface area (Å²) in [6, 6.07) is 0. The van der Waals surface area contributed by atoms with E-state index in [2.05, 4.69) is 0 Å². The molecule has 0 amide bonds. The van der Waals surface area contributed by atoms with Crippen molar-refractivity contribution in [3.63, 3.8) is 0 Å². The number of rotatable bonds is 1. The highest BCUT2D eigenvalue weighted by Crippen LogP contribution is 2.48. The third-order valence-corrected chi connectivity index (χ3v) is 3.39. The zero-order valence-corrected chi connectivity index (χ0v) is 8.32. The molecular formula is C10H14O4. The van der Waals surface area contributed by atoms with E-state index in [0.29, 0.717) is 12.8 Å². The molecular weight excluding hydrogens is 184 g/mol. The van der Waals surface area contributed by atoms with Crippen LogP contribution >= 0.6 is 0 Å². The van der Waals surface area contributed by atoms with Crippen molar-refractivity contribution in [2.24, 2.45) is 17.8 Å². The van der Waals surface area contributed by atoms with Gasteiger partial charge >= 0.3 is 11.9 Å². The van der Waals surface area contributed by atoms with Gasteiger partial charge in [-0.15, -0.1) is 0 Å². The summed E-state index contributed by atoms with van der Waals surface area (Å²) in [5.41, 5.74) is -0.410. The number of carboxylic acid groups (broad SMARTS) is 1. The monoisotopic (exact) mass is 198 g/mol. The van der Waals surface area contributed by atoms with Crippen LogP contribution in [0.25, 0.3) is 0 Å². The molecule has 1 heterocycles. The Balaban J connectivity index is 2.31. The lowest BCUT2D eigenvalue weighted by Crippen LogP contribution is -2.39. The van der Waals surface area contributed by atoms with Crippen molar-refractivity contribution in [1.82, 2.24) is 0 Å². The van der Waals surface area contributed by atoms with Crippen molar-refractivity contribution in [3.05, 3.63) is 0 Å². The molecule has 4 heteroatoms. The Labute approximate surface area is 82.2 Å². The van der Waals surface area contributed by atoms with Crippen molar-refractivity contribution in [1.29, 1.82) is 0 Å². The molecule has 2 aliphatic rings. The molecule has 0 aromatic rings. The first-order valence-corrected chi connectivity index (χ1v) is 4.89. The van der Waals surface area contributed by atoms with Crippen LogP contribution < -0.4 is 0 Å². The fourth-order valence-corrected chi connectivity index (χ4v) is 2.93. The Morgan fingerprint density at radius 1 is 1.57 bits per heavy atom. The Morgan fingerprint density at radius 2 is 2.21 bits per heavy atom. The normalized spacial score (nSPS) is 46.1. The van der Waals surface area contributed by atoms with Crippen LogP contribution in [0.15, 0.2) is 0 Å². The molecule has 1 N–H and O–H groups in total. The maximum Gasteiger partial charge on any atom is 0.310 e. The predicted molar refractivity (Wildman–Crippen MR) is 47.5 cm³/mol. The highest BCUT2D eigenvalue weighted by Gasteiger charge is 2.55. The van der Waals surface area contributed by atoms with Gasteiger partial charge in [-0.3, -0.25) is 9.59 Å². The van der Waals surface area contributed by atoms with Crippen molar-refractivity contribution >= 4 is 11.9 Å². The summed E-state index contributed by atoms with van der Waals surface area (Å²) < 4.78 is 5.22. The maximum absolute atomic E-state index is 11.4. The smallest absolute Gasteiger partial charge is 0.310 e. The Bertz CT molecular complexity index is 298. The minimum absolute atomic E-state index is 0.0164. The molecule has 0 aromatic carbocycles. The molecule has 2 bridgehead atoms. The van der Waals surface area contributed by atoms with Crippen LogP contribution in [0.2, 0.25) is 0 Å². The van der Waals surface area contributed by atoms with E-state index in [1.54, 1.807) is 0 Å². The van der Waals surface area contributed by atoms with Crippen molar-refractivity contribution in [3.8, 4) is 0 Å². The summed E-state index contributed by atoms with van der Waals surface area (Å²) in [5.74, 6) is -2.17. The minimum atomic E-state index is -0.872. The molecule has 2 rings (SSSR count). The first-order chi connectivity index (χ1) is 6.43. The van der Waals surface area contributed by atoms with Gasteiger partial charge in [0.1, 0.15) is 5.60 Å². The van der Waals surface area contributed by atoms with Crippen LogP contribution in [0.1, 0.15) is 26.7 Å². The molecule has 2 fully saturated rings. The molecule has 14 heavy (non-hydrogen) atoms. The first kappa shape index (κ1) is 9.49. The lowest BCUT2D eigenvalue weighted by Gasteiger charge is -2.33. The first-order valence-electron chi connectivity index (χ1n) is 4.89. The van der Waals surface area contributed by atoms with Crippen LogP contribution in [0, 0.1) is 17.8 Å². The van der Waals surface area contributed by atoms with Gasteiger partial charge in [0.25, 0.3) is 0 Å². The van der Waals surface area contributed by atoms with E-state index in [9.17, 15) is 9.59 Å². The lowest BCUT2D eigenvalue weighted by atomic mass is 9.69. The second-order valence-corrected chi connectivity index (χ2v) is 4.73. The van der Waals surface area contributed by atoms with Gasteiger partial charge in [-0.25, -0.2) is 0 Å². The molecule has 1 saturated heterocycles. The zero-order chi connectivity index (χ0) is 10.5. The highest BCUT2D eigenvalue weighted by molar-refractivity contribution is 5.83. The van der Waals surface area contributed by atoms with Gasteiger partial charge in [0, 0.05) is 6.42 Å². The van der Waals surface area contributed by atoms with Crippen molar-refractivity contribution in [2.45, 2.75) is 32.3 Å². The highest BCUT2D eigenvalue weighted by atomic mass is 16.6. The van der Waals surface area contributed by atoms with Crippen LogP contribution in [-0.2, 0) is 14.3 Å². The second-order valence-electron chi connectivity index (χ2n) is 4.73. The summed E-state index contributed by atoms with van der Waals surface area (Å²) in [7, 11) is 0. The molecule has 1 saturated carbocycles. The number of carbonyl (C=O) groups is 2. The molecule has 0 spiro atoms. The SMILES string of the molecule is C[C@H]1C[C@@]2(C)C[C@H](C(=O)O2)[C@@H]1C(=O)O. The summed E-state index contributed by atoms with van der Waals surface area (Å²) in [4.78, 5) is 22.4. The van der Waals surface area contributed by atoms with E-state index < -0.39 is 23.4 Å². The van der Waals surface area contributed by atoms with Gasteiger partial charge in [0.15, 0.2) is 0 Å². The topological polar surface area (TPSA) is 63.6 Å². The molecule has 0 radical (unpaired) electrons. The summed E-state index contributed by atoms with van der Waals surface area (Å²) in [5, 5.41) is 9.02. The largest absolute Gasteiger partial charge is 0.481 e. The van der Waals surface area contributed by atoms with E-state index in [0.717, 1.165) is 0 Å². The molecule has 0 aromatic heterocycles. The van der Waals surface area contributed by atoms with Gasteiger partial charge in [-0.2, -0.15) is 0 Å². The Kier molecular flexibility index (Phi) is 1.84. The van der Waals surface area contributed by atoms with Crippen molar-refractivity contribution in [2.75, 3.05) is 0 Å². The van der Waals surface area contributed by atoms with Crippen LogP contribution in [0.3, 0.4) is 0 Å². The van der Waals surface area contributed by atoms with E-state index >= 15 is 0 Å². The fraction of sp³-hybridized carbons (Fsp3) is 0.800. The molecule has 1 aliphatic heterocycles. The average Bonchev–Trinajstić information content (AvgIpc) is 2.21. The Hall–Kier alpha value is -1.06. The minimum Gasteiger partial charge on any atom is -0.481 e. The number of ether oxygens (including phenoxy) is 1. The second kappa shape index (κ2) is 2.72. The van der Waals surface area contributed by atoms with Gasteiger partial charge in [0.05, 0.1) is 11.8 Å². The van der Waals surface area contributed by atoms with Crippen LogP contribution in [0.4, 0.5) is 0 Å². The third-order valence-electron chi connectivity index (χ3n) is 3.39. The third kappa shape index (κ3) is 1.21. The van der Waals surface area contributed by atoms with Gasteiger partial charge < -0.3 is 9.84 Å². The number of fused-ring (bicyclic) bond motifs is 2. The molecule has 4 nitrogen and oxygen atoms in total. The van der Waals surface area contributed by atoms with Crippen LogP contribution in [0.5, 0.6) is 0 Å². The molecule has 0 unspecified atom stereocenters. The predicted octanol–water partition coefficient (Wildman–Crippen LogP) is 1.05. The lowest BCUT2D eigenvalue weighted by molar-refractivity contribution is -0.152. The van der Waals surface area contributed by atoms with E-state index in [4.69, 9.17) is 9.84 Å². The summed E-state index contributed by atoms with van der Waals surface area (Å²) in [6.07, 6.45) is 1.22. The standard InChI is InChI=1S/C10H14O4/c1-5-3-10(2)4-6(9(13)14-10)7(5)8(11)12/h5-7H,3-4H2,1-2H3,(H,11,12)/t5-,6-,7+,10-/m0/s1. The van der Waals surface area contributed by atoms with Gasteiger partial charge in [0.2, 0.25) is 0 Å². The Morgan fingerprint density at radius 3 is 2.79 bits per heavy atom. The number of aliphatic carboxylic acids is 1. The van der Waals surface area contributed by atoms with Crippen molar-refractivity contribution < 1.29 is 19.4 Å². The molecule has 78 valence electrons. The number of hydrogen-bond donors (Lipinski definition) is 1. The van der Waals surface area contributed by atoms with Gasteiger partial charge in [-0.05, 0) is 19.3 Å². The molecule has 1 aliphatic carbocycles. The summed E-state index contributed by atoms with van der Waals surface area (Å²) in [6.45, 7) is 3.77. The quantitative estimate of drug-likeness (QED) is 0.639. The number of carboxylic acids is 1. The zero-order valence-electron chi connectivity index (χ0n) is 8.32. The summed E-state index contributed by atoms with van der Waals surface area (Å²) >= 11 is 0. The number of esters is 1. The number of carbonyl (C=O) groups excluding carboxylic acids is 1. The van der Waals surface area contributed by atoms with Gasteiger partial charge in [-0.1, -0.05) is 6.92 Å². The van der Waals surface area contributed by atoms with E-state index in [1.165, 1.54) is 0 Å². The number of hydrogen-bond acceptors (Lipinski definition) is 3. The fourth-order valence-electron chi connectivity index (χ4n) is 2.93. The molecule has 4 atom stereocenters. The van der Waals surface area contributed by atoms with E-state index in [1.807, 2.05) is 13.8 Å². The van der Waals surface area contributed by atoms with Crippen LogP contribution in [-0.4, -0.2) is 22.6 Å². The average molecular weight is 198 g/mol. The van der Waals surface area contributed by atoms with E-state index in [-0.39, 0.29) is 11.9 Å². The maximum atomic E-state index is 11.4.